The zero-order valence-corrected chi connectivity index (χ0v) is 15.1. The van der Waals surface area contributed by atoms with E-state index in [1.165, 1.54) is 0 Å². The summed E-state index contributed by atoms with van der Waals surface area (Å²) in [5.41, 5.74) is 0.532. The Hall–Kier alpha value is -2.86. The van der Waals surface area contributed by atoms with E-state index >= 15 is 0 Å². The van der Waals surface area contributed by atoms with E-state index in [0.717, 1.165) is 25.0 Å². The molecule has 2 amide bonds. The molecule has 1 heterocycles. The van der Waals surface area contributed by atoms with Crippen molar-refractivity contribution in [3.05, 3.63) is 54.6 Å². The van der Waals surface area contributed by atoms with E-state index in [9.17, 15) is 14.7 Å². The largest absolute Gasteiger partial charge is 0.457 e. The molecule has 142 valence electrons. The van der Waals surface area contributed by atoms with Gasteiger partial charge in [0.05, 0.1) is 0 Å². The van der Waals surface area contributed by atoms with Gasteiger partial charge < -0.3 is 20.1 Å². The highest BCUT2D eigenvalue weighted by Crippen LogP contribution is 2.23. The number of carbonyl (C=O) groups excluding carboxylic acids is 2. The van der Waals surface area contributed by atoms with E-state index in [2.05, 4.69) is 5.32 Å². The number of aliphatic hydroxyl groups excluding tert-OH is 1. The maximum absolute atomic E-state index is 12.5. The molecule has 0 saturated carbocycles. The second-order valence-electron chi connectivity index (χ2n) is 6.55. The van der Waals surface area contributed by atoms with E-state index in [4.69, 9.17) is 4.74 Å². The SMILES string of the molecule is O=C(Nc1ccc(Oc2ccccc2)cc1)C(=O)N1CCCCC1CCO. The van der Waals surface area contributed by atoms with Crippen LogP contribution in [0.15, 0.2) is 54.6 Å². The van der Waals surface area contributed by atoms with Gasteiger partial charge in [-0.1, -0.05) is 18.2 Å². The lowest BCUT2D eigenvalue weighted by Crippen LogP contribution is -2.48. The van der Waals surface area contributed by atoms with Crippen LogP contribution < -0.4 is 10.1 Å². The Balaban J connectivity index is 1.59. The molecule has 27 heavy (non-hydrogen) atoms. The first-order valence-corrected chi connectivity index (χ1v) is 9.23. The third-order valence-corrected chi connectivity index (χ3v) is 4.64. The van der Waals surface area contributed by atoms with Gasteiger partial charge in [0.1, 0.15) is 11.5 Å². The summed E-state index contributed by atoms with van der Waals surface area (Å²) in [5, 5.41) is 11.8. The van der Waals surface area contributed by atoms with Gasteiger partial charge in [0.15, 0.2) is 0 Å². The Morgan fingerprint density at radius 1 is 1.04 bits per heavy atom. The molecule has 2 aromatic rings. The predicted molar refractivity (Wildman–Crippen MR) is 103 cm³/mol. The van der Waals surface area contributed by atoms with Crippen molar-refractivity contribution < 1.29 is 19.4 Å². The van der Waals surface area contributed by atoms with Crippen LogP contribution >= 0.6 is 0 Å². The number of nitrogens with one attached hydrogen (secondary N) is 1. The number of hydrogen-bond donors (Lipinski definition) is 2. The monoisotopic (exact) mass is 368 g/mol. The van der Waals surface area contributed by atoms with Crippen molar-refractivity contribution in [3.8, 4) is 11.5 Å². The van der Waals surface area contributed by atoms with Gasteiger partial charge in [-0.25, -0.2) is 0 Å². The van der Waals surface area contributed by atoms with E-state index in [1.54, 1.807) is 29.2 Å². The molecule has 0 bridgehead atoms. The van der Waals surface area contributed by atoms with Gasteiger partial charge in [-0.15, -0.1) is 0 Å². The number of likely N-dealkylation sites (tertiary alicyclic amines) is 1. The molecule has 0 radical (unpaired) electrons. The van der Waals surface area contributed by atoms with Gasteiger partial charge in [-0.3, -0.25) is 9.59 Å². The van der Waals surface area contributed by atoms with Crippen LogP contribution in [0.5, 0.6) is 11.5 Å². The number of ether oxygens (including phenoxy) is 1. The van der Waals surface area contributed by atoms with Crippen LogP contribution in [0.2, 0.25) is 0 Å². The topological polar surface area (TPSA) is 78.9 Å². The Morgan fingerprint density at radius 2 is 1.74 bits per heavy atom. The number of nitrogens with zero attached hydrogens (tertiary/aromatic N) is 1. The van der Waals surface area contributed by atoms with Gasteiger partial charge in [-0.05, 0) is 62.1 Å². The first kappa shape index (κ1) is 18.9. The molecule has 1 aliphatic heterocycles. The fourth-order valence-electron chi connectivity index (χ4n) is 3.26. The summed E-state index contributed by atoms with van der Waals surface area (Å²) in [4.78, 5) is 26.4. The van der Waals surface area contributed by atoms with Crippen molar-refractivity contribution in [1.29, 1.82) is 0 Å². The van der Waals surface area contributed by atoms with E-state index in [0.29, 0.717) is 24.4 Å². The highest BCUT2D eigenvalue weighted by Gasteiger charge is 2.30. The van der Waals surface area contributed by atoms with Crippen molar-refractivity contribution in [2.75, 3.05) is 18.5 Å². The van der Waals surface area contributed by atoms with Gasteiger partial charge >= 0.3 is 11.8 Å². The van der Waals surface area contributed by atoms with Crippen molar-refractivity contribution in [3.63, 3.8) is 0 Å². The van der Waals surface area contributed by atoms with Gasteiger partial charge in [-0.2, -0.15) is 0 Å². The second-order valence-corrected chi connectivity index (χ2v) is 6.55. The Morgan fingerprint density at radius 3 is 2.44 bits per heavy atom. The smallest absolute Gasteiger partial charge is 0.313 e. The minimum Gasteiger partial charge on any atom is -0.457 e. The normalized spacial score (nSPS) is 16.6. The van der Waals surface area contributed by atoms with Crippen molar-refractivity contribution in [2.45, 2.75) is 31.7 Å². The van der Waals surface area contributed by atoms with E-state index in [1.807, 2.05) is 30.3 Å². The summed E-state index contributed by atoms with van der Waals surface area (Å²) in [7, 11) is 0. The molecule has 1 saturated heterocycles. The number of carbonyl (C=O) groups is 2. The van der Waals surface area contributed by atoms with Crippen molar-refractivity contribution >= 4 is 17.5 Å². The first-order chi connectivity index (χ1) is 13.2. The summed E-state index contributed by atoms with van der Waals surface area (Å²) in [5.74, 6) is 0.170. The molecule has 1 unspecified atom stereocenters. The highest BCUT2D eigenvalue weighted by atomic mass is 16.5. The molecule has 2 aromatic carbocycles. The molecule has 0 aliphatic carbocycles. The third kappa shape index (κ3) is 5.08. The molecule has 1 aliphatic rings. The Bertz CT molecular complexity index is 760. The molecule has 2 N–H and O–H groups in total. The molecule has 3 rings (SSSR count). The zero-order valence-electron chi connectivity index (χ0n) is 15.1. The first-order valence-electron chi connectivity index (χ1n) is 9.23. The Labute approximate surface area is 158 Å². The molecule has 6 nitrogen and oxygen atoms in total. The number of amides is 2. The van der Waals surface area contributed by atoms with Crippen molar-refractivity contribution in [1.82, 2.24) is 4.90 Å². The van der Waals surface area contributed by atoms with Gasteiger partial charge in [0.25, 0.3) is 0 Å². The fourth-order valence-corrected chi connectivity index (χ4v) is 3.26. The minimum atomic E-state index is -0.656. The summed E-state index contributed by atoms with van der Waals surface area (Å²) in [6.45, 7) is 0.569. The summed E-state index contributed by atoms with van der Waals surface area (Å²) in [6, 6.07) is 16.2. The lowest BCUT2D eigenvalue weighted by atomic mass is 9.99. The zero-order chi connectivity index (χ0) is 19.1. The Kier molecular flexibility index (Phi) is 6.44. The minimum absolute atomic E-state index is 0.0128. The van der Waals surface area contributed by atoms with Gasteiger partial charge in [0, 0.05) is 24.9 Å². The molecular weight excluding hydrogens is 344 g/mol. The molecule has 1 fully saturated rings. The maximum Gasteiger partial charge on any atom is 0.313 e. The maximum atomic E-state index is 12.5. The molecule has 0 aromatic heterocycles. The number of rotatable bonds is 5. The molecule has 6 heteroatoms. The van der Waals surface area contributed by atoms with Crippen molar-refractivity contribution in [2.24, 2.45) is 0 Å². The fraction of sp³-hybridized carbons (Fsp3) is 0.333. The van der Waals surface area contributed by atoms with E-state index < -0.39 is 11.8 Å². The number of anilines is 1. The van der Waals surface area contributed by atoms with Crippen LogP contribution in [0.1, 0.15) is 25.7 Å². The average molecular weight is 368 g/mol. The summed E-state index contributed by atoms with van der Waals surface area (Å²) < 4.78 is 5.71. The van der Waals surface area contributed by atoms with Crippen LogP contribution in [-0.2, 0) is 9.59 Å². The quantitative estimate of drug-likeness (QED) is 0.795. The second kappa shape index (κ2) is 9.19. The standard InChI is InChI=1S/C21H24N2O4/c24-15-13-17-6-4-5-14-23(17)21(26)20(25)22-16-9-11-19(12-10-16)27-18-7-2-1-3-8-18/h1-3,7-12,17,24H,4-6,13-15H2,(H,22,25). The van der Waals surface area contributed by atoms with Crippen LogP contribution in [0, 0.1) is 0 Å². The lowest BCUT2D eigenvalue weighted by Gasteiger charge is -2.35. The summed E-state index contributed by atoms with van der Waals surface area (Å²) >= 11 is 0. The van der Waals surface area contributed by atoms with Crippen LogP contribution in [0.3, 0.4) is 0 Å². The van der Waals surface area contributed by atoms with Gasteiger partial charge in [0.2, 0.25) is 0 Å². The molecule has 1 atom stereocenters. The lowest BCUT2D eigenvalue weighted by molar-refractivity contribution is -0.146. The number of benzene rings is 2. The predicted octanol–water partition coefficient (Wildman–Crippen LogP) is 3.18. The number of para-hydroxylation sites is 1. The number of piperidine rings is 1. The number of aliphatic hydroxyl groups is 1. The number of hydrogen-bond acceptors (Lipinski definition) is 4. The molecule has 0 spiro atoms. The third-order valence-electron chi connectivity index (χ3n) is 4.64. The van der Waals surface area contributed by atoms with E-state index in [-0.39, 0.29) is 12.6 Å². The van der Waals surface area contributed by atoms with Crippen LogP contribution in [0.4, 0.5) is 5.69 Å². The molecular formula is C21H24N2O4. The van der Waals surface area contributed by atoms with Crippen LogP contribution in [-0.4, -0.2) is 41.0 Å². The summed E-state index contributed by atoms with van der Waals surface area (Å²) in [6.07, 6.45) is 3.22. The van der Waals surface area contributed by atoms with Crippen LogP contribution in [0.25, 0.3) is 0 Å². The highest BCUT2D eigenvalue weighted by molar-refractivity contribution is 6.39. The average Bonchev–Trinajstić information content (AvgIpc) is 2.70.